The zero-order chi connectivity index (χ0) is 13.9. The molecule has 0 bridgehead atoms. The van der Waals surface area contributed by atoms with Crippen LogP contribution in [0.1, 0.15) is 11.1 Å². The van der Waals surface area contributed by atoms with Crippen molar-refractivity contribution in [1.29, 1.82) is 0 Å². The maximum atomic E-state index is 12.2. The van der Waals surface area contributed by atoms with Crippen molar-refractivity contribution in [3.8, 4) is 0 Å². The lowest BCUT2D eigenvalue weighted by molar-refractivity contribution is 0.601. The van der Waals surface area contributed by atoms with E-state index in [1.807, 2.05) is 13.0 Å². The second kappa shape index (κ2) is 5.63. The third-order valence-electron chi connectivity index (χ3n) is 2.66. The van der Waals surface area contributed by atoms with E-state index in [0.717, 1.165) is 11.1 Å². The van der Waals surface area contributed by atoms with Crippen LogP contribution < -0.4 is 4.72 Å². The molecule has 0 saturated carbocycles. The van der Waals surface area contributed by atoms with Gasteiger partial charge in [0.2, 0.25) is 0 Å². The molecule has 0 unspecified atom stereocenters. The van der Waals surface area contributed by atoms with E-state index in [2.05, 4.69) is 4.72 Å². The van der Waals surface area contributed by atoms with Crippen LogP contribution in [0.25, 0.3) is 0 Å². The number of benzene rings is 2. The van der Waals surface area contributed by atoms with Gasteiger partial charge in [-0.05, 0) is 36.8 Å². The third kappa shape index (κ3) is 3.49. The summed E-state index contributed by atoms with van der Waals surface area (Å²) < 4.78 is 26.9. The normalized spacial score (nSPS) is 11.3. The number of sulfonamides is 1. The lowest BCUT2D eigenvalue weighted by Gasteiger charge is -2.09. The van der Waals surface area contributed by atoms with Gasteiger partial charge in [-0.25, -0.2) is 8.42 Å². The Hall–Kier alpha value is -1.52. The number of alkyl halides is 1. The zero-order valence-corrected chi connectivity index (χ0v) is 12.0. The molecule has 0 aliphatic carbocycles. The molecule has 0 heterocycles. The predicted octanol–water partition coefficient (Wildman–Crippen LogP) is 3.53. The standard InChI is InChI=1S/C14H14ClNO2S/c1-11-5-7-14(8-6-11)19(17,18)16-13-4-2-3-12(9-13)10-15/h2-9,16H,10H2,1H3. The van der Waals surface area contributed by atoms with Crippen molar-refractivity contribution in [2.45, 2.75) is 17.7 Å². The molecule has 0 fully saturated rings. The van der Waals surface area contributed by atoms with Crippen LogP contribution in [0, 0.1) is 6.92 Å². The van der Waals surface area contributed by atoms with E-state index < -0.39 is 10.0 Å². The molecule has 0 aromatic heterocycles. The van der Waals surface area contributed by atoms with Crippen molar-refractivity contribution < 1.29 is 8.42 Å². The molecule has 0 spiro atoms. The van der Waals surface area contributed by atoms with Crippen LogP contribution in [0.5, 0.6) is 0 Å². The van der Waals surface area contributed by atoms with Crippen LogP contribution in [0.15, 0.2) is 53.4 Å². The van der Waals surface area contributed by atoms with Gasteiger partial charge in [-0.3, -0.25) is 4.72 Å². The summed E-state index contributed by atoms with van der Waals surface area (Å²) in [6.07, 6.45) is 0. The van der Waals surface area contributed by atoms with E-state index in [1.54, 1.807) is 42.5 Å². The number of anilines is 1. The molecule has 0 radical (unpaired) electrons. The highest BCUT2D eigenvalue weighted by Gasteiger charge is 2.13. The number of hydrogen-bond donors (Lipinski definition) is 1. The molecular formula is C14H14ClNO2S. The Morgan fingerprint density at radius 2 is 1.79 bits per heavy atom. The molecule has 2 rings (SSSR count). The van der Waals surface area contributed by atoms with Crippen LogP contribution >= 0.6 is 11.6 Å². The van der Waals surface area contributed by atoms with Gasteiger partial charge in [-0.1, -0.05) is 29.8 Å². The average molecular weight is 296 g/mol. The van der Waals surface area contributed by atoms with Crippen molar-refractivity contribution in [2.75, 3.05) is 4.72 Å². The monoisotopic (exact) mass is 295 g/mol. The molecule has 5 heteroatoms. The number of hydrogen-bond acceptors (Lipinski definition) is 2. The molecule has 3 nitrogen and oxygen atoms in total. The Bertz CT molecular complexity index is 666. The van der Waals surface area contributed by atoms with E-state index in [9.17, 15) is 8.42 Å². The average Bonchev–Trinajstić information content (AvgIpc) is 2.39. The van der Waals surface area contributed by atoms with Crippen molar-refractivity contribution in [2.24, 2.45) is 0 Å². The van der Waals surface area contributed by atoms with Crippen LogP contribution in [0.2, 0.25) is 0 Å². The number of aryl methyl sites for hydroxylation is 1. The SMILES string of the molecule is Cc1ccc(S(=O)(=O)Nc2cccc(CCl)c2)cc1. The molecule has 0 amide bonds. The van der Waals surface area contributed by atoms with Crippen molar-refractivity contribution >= 4 is 27.3 Å². The summed E-state index contributed by atoms with van der Waals surface area (Å²) in [5.41, 5.74) is 2.40. The van der Waals surface area contributed by atoms with Gasteiger partial charge in [-0.15, -0.1) is 11.6 Å². The second-order valence-electron chi connectivity index (χ2n) is 4.25. The summed E-state index contributed by atoms with van der Waals surface area (Å²) in [7, 11) is -3.55. The highest BCUT2D eigenvalue weighted by atomic mass is 35.5. The number of halogens is 1. The molecule has 0 saturated heterocycles. The minimum atomic E-state index is -3.55. The van der Waals surface area contributed by atoms with E-state index >= 15 is 0 Å². The van der Waals surface area contributed by atoms with Gasteiger partial charge in [0.15, 0.2) is 0 Å². The topological polar surface area (TPSA) is 46.2 Å². The van der Waals surface area contributed by atoms with Gasteiger partial charge in [0.1, 0.15) is 0 Å². The molecule has 100 valence electrons. The maximum absolute atomic E-state index is 12.2. The lowest BCUT2D eigenvalue weighted by atomic mass is 10.2. The van der Waals surface area contributed by atoms with E-state index in [4.69, 9.17) is 11.6 Å². The molecule has 0 aliphatic rings. The Balaban J connectivity index is 2.28. The summed E-state index contributed by atoms with van der Waals surface area (Å²) in [5, 5.41) is 0. The molecule has 2 aromatic carbocycles. The summed E-state index contributed by atoms with van der Waals surface area (Å²) >= 11 is 5.73. The van der Waals surface area contributed by atoms with Crippen molar-refractivity contribution in [3.63, 3.8) is 0 Å². The van der Waals surface area contributed by atoms with Crippen LogP contribution in [-0.2, 0) is 15.9 Å². The summed E-state index contributed by atoms with van der Waals surface area (Å²) in [6, 6.07) is 13.7. The van der Waals surface area contributed by atoms with Gasteiger partial charge in [0, 0.05) is 11.6 Å². The molecular weight excluding hydrogens is 282 g/mol. The molecule has 0 aliphatic heterocycles. The van der Waals surface area contributed by atoms with Gasteiger partial charge in [0.05, 0.1) is 4.90 Å². The molecule has 2 aromatic rings. The van der Waals surface area contributed by atoms with E-state index in [1.165, 1.54) is 0 Å². The molecule has 1 N–H and O–H groups in total. The Morgan fingerprint density at radius 1 is 1.11 bits per heavy atom. The fraction of sp³-hybridized carbons (Fsp3) is 0.143. The summed E-state index contributed by atoms with van der Waals surface area (Å²) in [6.45, 7) is 1.91. The second-order valence-corrected chi connectivity index (χ2v) is 6.20. The summed E-state index contributed by atoms with van der Waals surface area (Å²) in [5.74, 6) is 0.347. The van der Waals surface area contributed by atoms with Crippen molar-refractivity contribution in [3.05, 3.63) is 59.7 Å². The van der Waals surface area contributed by atoms with Gasteiger partial charge >= 0.3 is 0 Å². The fourth-order valence-corrected chi connectivity index (χ4v) is 2.87. The van der Waals surface area contributed by atoms with Crippen LogP contribution in [0.3, 0.4) is 0 Å². The minimum absolute atomic E-state index is 0.245. The minimum Gasteiger partial charge on any atom is -0.280 e. The first-order chi connectivity index (χ1) is 9.01. The number of nitrogens with one attached hydrogen (secondary N) is 1. The van der Waals surface area contributed by atoms with Gasteiger partial charge in [0.25, 0.3) is 10.0 Å². The first-order valence-corrected chi connectivity index (χ1v) is 7.77. The fourth-order valence-electron chi connectivity index (χ4n) is 1.65. The van der Waals surface area contributed by atoms with E-state index in [-0.39, 0.29) is 4.90 Å². The summed E-state index contributed by atoms with van der Waals surface area (Å²) in [4.78, 5) is 0.245. The molecule has 19 heavy (non-hydrogen) atoms. The first kappa shape index (κ1) is 13.9. The largest absolute Gasteiger partial charge is 0.280 e. The predicted molar refractivity (Wildman–Crippen MR) is 78.0 cm³/mol. The number of rotatable bonds is 4. The maximum Gasteiger partial charge on any atom is 0.261 e. The third-order valence-corrected chi connectivity index (χ3v) is 4.37. The zero-order valence-electron chi connectivity index (χ0n) is 10.4. The van der Waals surface area contributed by atoms with E-state index in [0.29, 0.717) is 11.6 Å². The molecule has 0 atom stereocenters. The quantitative estimate of drug-likeness (QED) is 0.877. The Labute approximate surface area is 118 Å². The first-order valence-electron chi connectivity index (χ1n) is 5.76. The van der Waals surface area contributed by atoms with Gasteiger partial charge < -0.3 is 0 Å². The Morgan fingerprint density at radius 3 is 2.42 bits per heavy atom. The smallest absolute Gasteiger partial charge is 0.261 e. The highest BCUT2D eigenvalue weighted by Crippen LogP contribution is 2.18. The van der Waals surface area contributed by atoms with Crippen molar-refractivity contribution in [1.82, 2.24) is 0 Å². The van der Waals surface area contributed by atoms with Gasteiger partial charge in [-0.2, -0.15) is 0 Å². The van der Waals surface area contributed by atoms with Crippen LogP contribution in [-0.4, -0.2) is 8.42 Å². The highest BCUT2D eigenvalue weighted by molar-refractivity contribution is 7.92. The Kier molecular flexibility index (Phi) is 4.12. The van der Waals surface area contributed by atoms with Crippen LogP contribution in [0.4, 0.5) is 5.69 Å². The lowest BCUT2D eigenvalue weighted by Crippen LogP contribution is -2.12.